The second-order valence-corrected chi connectivity index (χ2v) is 7.51. The smallest absolute Gasteiger partial charge is 0.326 e. The third-order valence-electron chi connectivity index (χ3n) is 5.12. The van der Waals surface area contributed by atoms with Crippen LogP contribution in [-0.2, 0) is 16.1 Å². The molecule has 0 radical (unpaired) electrons. The number of carboxylic acid groups (broad SMARTS) is 2. The zero-order valence-corrected chi connectivity index (χ0v) is 17.7. The van der Waals surface area contributed by atoms with E-state index in [4.69, 9.17) is 16.6 Å². The van der Waals surface area contributed by atoms with Gasteiger partial charge < -0.3 is 31.6 Å². The van der Waals surface area contributed by atoms with Gasteiger partial charge in [-0.1, -0.05) is 0 Å². The van der Waals surface area contributed by atoms with Gasteiger partial charge in [-0.25, -0.2) is 14.8 Å². The van der Waals surface area contributed by atoms with E-state index in [-0.39, 0.29) is 30.2 Å². The number of nitrogens with zero attached hydrogens (tertiary/aromatic N) is 5. The number of anilines is 2. The van der Waals surface area contributed by atoms with Gasteiger partial charge in [0, 0.05) is 29.1 Å². The van der Waals surface area contributed by atoms with Gasteiger partial charge in [-0.05, 0) is 30.7 Å². The van der Waals surface area contributed by atoms with Crippen molar-refractivity contribution in [3.63, 3.8) is 0 Å². The number of carbonyl (C=O) groups excluding carboxylic acids is 1. The van der Waals surface area contributed by atoms with Crippen molar-refractivity contribution in [2.24, 2.45) is 0 Å². The Morgan fingerprint density at radius 2 is 1.88 bits per heavy atom. The predicted molar refractivity (Wildman–Crippen MR) is 121 cm³/mol. The lowest BCUT2D eigenvalue weighted by atomic mass is 10.1. The van der Waals surface area contributed by atoms with Crippen LogP contribution >= 0.6 is 0 Å². The van der Waals surface area contributed by atoms with Crippen LogP contribution in [0.15, 0.2) is 36.7 Å². The highest BCUT2D eigenvalue weighted by Gasteiger charge is 2.22. The third kappa shape index (κ3) is 4.67. The molecule has 0 saturated heterocycles. The Hall–Kier alpha value is -4.81. The molecule has 0 saturated carbocycles. The fourth-order valence-corrected chi connectivity index (χ4v) is 3.48. The molecule has 174 valence electrons. The molecule has 1 atom stereocenters. The maximum atomic E-state index is 12.5. The monoisotopic (exact) mass is 464 g/mol. The standard InChI is InChI=1S/C21H20N8O5/c22-17-16-18(28-21(23)27-17)24-8-12(25-16)9-29-6-5-10-7-11(1-3-14(10)29)19(32)26-13(20(33)34)2-4-15(30)31/h1,3,5-8,13H,2,4,9H2,(H,26,32)(H,30,31)(H,33,34)(H4,22,23,24,27,28)/t13-/m0/s1. The molecule has 0 aliphatic carbocycles. The average molecular weight is 464 g/mol. The van der Waals surface area contributed by atoms with E-state index in [2.05, 4.69) is 25.3 Å². The van der Waals surface area contributed by atoms with Gasteiger partial charge in [0.1, 0.15) is 6.04 Å². The maximum absolute atomic E-state index is 12.5. The Morgan fingerprint density at radius 1 is 1.09 bits per heavy atom. The van der Waals surface area contributed by atoms with Crippen LogP contribution in [0.5, 0.6) is 0 Å². The van der Waals surface area contributed by atoms with Crippen LogP contribution in [0, 0.1) is 0 Å². The van der Waals surface area contributed by atoms with E-state index in [1.165, 1.54) is 0 Å². The van der Waals surface area contributed by atoms with Gasteiger partial charge in [0.25, 0.3) is 5.91 Å². The number of hydrogen-bond acceptors (Lipinski definition) is 9. The number of fused-ring (bicyclic) bond motifs is 2. The summed E-state index contributed by atoms with van der Waals surface area (Å²) in [6.45, 7) is 0.359. The van der Waals surface area contributed by atoms with Crippen molar-refractivity contribution in [3.05, 3.63) is 47.9 Å². The van der Waals surface area contributed by atoms with E-state index < -0.39 is 23.9 Å². The number of nitrogens with one attached hydrogen (secondary N) is 1. The topological polar surface area (TPSA) is 212 Å². The number of aliphatic carboxylic acids is 2. The first-order chi connectivity index (χ1) is 16.2. The molecule has 0 bridgehead atoms. The minimum atomic E-state index is -1.30. The lowest BCUT2D eigenvalue weighted by Gasteiger charge is -2.13. The second kappa shape index (κ2) is 8.97. The summed E-state index contributed by atoms with van der Waals surface area (Å²) in [5, 5.41) is 21.1. The summed E-state index contributed by atoms with van der Waals surface area (Å²) in [7, 11) is 0. The fourth-order valence-electron chi connectivity index (χ4n) is 3.48. The zero-order valence-electron chi connectivity index (χ0n) is 17.7. The van der Waals surface area contributed by atoms with Gasteiger partial charge in [-0.2, -0.15) is 9.97 Å². The molecule has 0 aliphatic rings. The first kappa shape index (κ1) is 22.4. The van der Waals surface area contributed by atoms with Crippen LogP contribution in [0.2, 0.25) is 0 Å². The van der Waals surface area contributed by atoms with Crippen molar-refractivity contribution in [3.8, 4) is 0 Å². The van der Waals surface area contributed by atoms with E-state index in [9.17, 15) is 19.5 Å². The van der Waals surface area contributed by atoms with Crippen molar-refractivity contribution in [2.75, 3.05) is 11.5 Å². The second-order valence-electron chi connectivity index (χ2n) is 7.51. The molecule has 3 heterocycles. The molecule has 13 nitrogen and oxygen atoms in total. The van der Waals surface area contributed by atoms with Crippen LogP contribution in [0.1, 0.15) is 28.9 Å². The van der Waals surface area contributed by atoms with Gasteiger partial charge in [0.05, 0.1) is 18.4 Å². The molecule has 1 aromatic carbocycles. The fraction of sp³-hybridized carbons (Fsp3) is 0.190. The SMILES string of the molecule is Nc1nc(N)c2nc(Cn3ccc4cc(C(=O)N[C@@H](CCC(=O)O)C(=O)O)ccc43)cnc2n1. The number of benzene rings is 1. The van der Waals surface area contributed by atoms with E-state index in [0.717, 1.165) is 10.9 Å². The molecular formula is C21H20N8O5. The highest BCUT2D eigenvalue weighted by Crippen LogP contribution is 2.20. The normalized spacial score (nSPS) is 12.0. The van der Waals surface area contributed by atoms with Crippen molar-refractivity contribution < 1.29 is 24.6 Å². The molecule has 0 fully saturated rings. The molecule has 0 spiro atoms. The summed E-state index contributed by atoms with van der Waals surface area (Å²) in [5.41, 5.74) is 13.8. The molecule has 4 rings (SSSR count). The number of amides is 1. The minimum absolute atomic E-state index is 0.0138. The van der Waals surface area contributed by atoms with Crippen LogP contribution in [0.4, 0.5) is 11.8 Å². The molecule has 0 unspecified atom stereocenters. The number of nitrogens with two attached hydrogens (primary N) is 2. The number of carbonyl (C=O) groups is 3. The molecule has 4 aromatic rings. The van der Waals surface area contributed by atoms with Crippen molar-refractivity contribution >= 4 is 51.7 Å². The number of nitrogen functional groups attached to an aromatic ring is 2. The summed E-state index contributed by atoms with van der Waals surface area (Å²) in [6, 6.07) is 5.41. The first-order valence-electron chi connectivity index (χ1n) is 10.1. The average Bonchev–Trinajstić information content (AvgIpc) is 3.18. The summed E-state index contributed by atoms with van der Waals surface area (Å²) < 4.78 is 1.90. The van der Waals surface area contributed by atoms with Crippen molar-refractivity contribution in [2.45, 2.75) is 25.4 Å². The number of aromatic nitrogens is 5. The van der Waals surface area contributed by atoms with E-state index in [1.54, 1.807) is 30.5 Å². The number of rotatable bonds is 8. The molecule has 7 N–H and O–H groups in total. The zero-order chi connectivity index (χ0) is 24.4. The van der Waals surface area contributed by atoms with Gasteiger partial charge in [-0.3, -0.25) is 9.59 Å². The molecule has 3 aromatic heterocycles. The van der Waals surface area contributed by atoms with Crippen LogP contribution < -0.4 is 16.8 Å². The summed E-state index contributed by atoms with van der Waals surface area (Å²) in [5.74, 6) is -2.90. The van der Waals surface area contributed by atoms with Gasteiger partial charge in [0.2, 0.25) is 5.95 Å². The van der Waals surface area contributed by atoms with Gasteiger partial charge in [-0.15, -0.1) is 0 Å². The Kier molecular flexibility index (Phi) is 5.91. The minimum Gasteiger partial charge on any atom is -0.481 e. The van der Waals surface area contributed by atoms with E-state index in [0.29, 0.717) is 23.4 Å². The number of carboxylic acids is 2. The summed E-state index contributed by atoms with van der Waals surface area (Å²) in [6.07, 6.45) is 2.78. The lowest BCUT2D eigenvalue weighted by Crippen LogP contribution is -2.41. The van der Waals surface area contributed by atoms with Gasteiger partial charge >= 0.3 is 11.9 Å². The molecular weight excluding hydrogens is 444 g/mol. The molecule has 0 aliphatic heterocycles. The summed E-state index contributed by atoms with van der Waals surface area (Å²) in [4.78, 5) is 51.2. The van der Waals surface area contributed by atoms with E-state index >= 15 is 0 Å². The van der Waals surface area contributed by atoms with E-state index in [1.807, 2.05) is 10.8 Å². The van der Waals surface area contributed by atoms with Crippen molar-refractivity contribution in [1.82, 2.24) is 29.8 Å². The molecule has 1 amide bonds. The quantitative estimate of drug-likeness (QED) is 0.244. The predicted octanol–water partition coefficient (Wildman–Crippen LogP) is 0.635. The Morgan fingerprint density at radius 3 is 2.62 bits per heavy atom. The first-order valence-corrected chi connectivity index (χ1v) is 10.1. The number of hydrogen-bond donors (Lipinski definition) is 5. The highest BCUT2D eigenvalue weighted by atomic mass is 16.4. The molecule has 34 heavy (non-hydrogen) atoms. The van der Waals surface area contributed by atoms with Crippen LogP contribution in [0.3, 0.4) is 0 Å². The molecule has 13 heteroatoms. The third-order valence-corrected chi connectivity index (χ3v) is 5.12. The Balaban J connectivity index is 1.54. The van der Waals surface area contributed by atoms with Crippen molar-refractivity contribution in [1.29, 1.82) is 0 Å². The Bertz CT molecular complexity index is 1430. The van der Waals surface area contributed by atoms with Crippen LogP contribution in [0.25, 0.3) is 22.1 Å². The highest BCUT2D eigenvalue weighted by molar-refractivity contribution is 5.99. The van der Waals surface area contributed by atoms with Gasteiger partial charge in [0.15, 0.2) is 17.0 Å². The van der Waals surface area contributed by atoms with Crippen LogP contribution in [-0.4, -0.2) is 58.6 Å². The maximum Gasteiger partial charge on any atom is 0.326 e. The summed E-state index contributed by atoms with van der Waals surface area (Å²) >= 11 is 0. The lowest BCUT2D eigenvalue weighted by molar-refractivity contribution is -0.140. The Labute approximate surface area is 191 Å². The largest absolute Gasteiger partial charge is 0.481 e.